The molecule has 122 valence electrons. The molecule has 0 radical (unpaired) electrons. The van der Waals surface area contributed by atoms with Crippen LogP contribution in [0.25, 0.3) is 0 Å². The molecular weight excluding hydrogens is 330 g/mol. The highest BCUT2D eigenvalue weighted by atomic mass is 35.5. The standard InChI is InChI=1S/C13H12ClN3O6/c1-20-12(18)22-10-11(23-13(19)21-2)17(16-15-10)7-8-5-3-4-6-9(8)14/h3-6H,7H2,1-2H3. The van der Waals surface area contributed by atoms with E-state index in [-0.39, 0.29) is 18.3 Å². The summed E-state index contributed by atoms with van der Waals surface area (Å²) in [6.07, 6.45) is -2.06. The highest BCUT2D eigenvalue weighted by Crippen LogP contribution is 2.27. The Hall–Kier alpha value is -2.81. The van der Waals surface area contributed by atoms with Gasteiger partial charge in [-0.25, -0.2) is 14.3 Å². The number of ether oxygens (including phenoxy) is 4. The minimum Gasteiger partial charge on any atom is -0.437 e. The first-order chi connectivity index (χ1) is 11.0. The summed E-state index contributed by atoms with van der Waals surface area (Å²) in [5.74, 6) is -0.559. The zero-order valence-electron chi connectivity index (χ0n) is 12.2. The summed E-state index contributed by atoms with van der Waals surface area (Å²) in [4.78, 5) is 22.5. The van der Waals surface area contributed by atoms with Crippen LogP contribution in [0.15, 0.2) is 24.3 Å². The van der Waals surface area contributed by atoms with Gasteiger partial charge >= 0.3 is 18.2 Å². The van der Waals surface area contributed by atoms with Crippen molar-refractivity contribution >= 4 is 23.9 Å². The zero-order chi connectivity index (χ0) is 16.8. The minimum atomic E-state index is -1.04. The van der Waals surface area contributed by atoms with E-state index in [1.54, 1.807) is 24.3 Å². The second-order valence-corrected chi connectivity index (χ2v) is 4.47. The van der Waals surface area contributed by atoms with E-state index in [9.17, 15) is 9.59 Å². The predicted molar refractivity (Wildman–Crippen MR) is 76.6 cm³/mol. The molecule has 0 atom stereocenters. The molecule has 0 aliphatic rings. The lowest BCUT2D eigenvalue weighted by molar-refractivity contribution is 0.107. The van der Waals surface area contributed by atoms with Crippen LogP contribution in [0.2, 0.25) is 5.02 Å². The van der Waals surface area contributed by atoms with Crippen LogP contribution in [-0.2, 0) is 16.0 Å². The SMILES string of the molecule is COC(=O)Oc1nnn(Cc2ccccc2Cl)c1OC(=O)OC. The highest BCUT2D eigenvalue weighted by molar-refractivity contribution is 6.31. The maximum atomic E-state index is 11.3. The number of hydrogen-bond donors (Lipinski definition) is 0. The van der Waals surface area contributed by atoms with Crippen molar-refractivity contribution in [1.82, 2.24) is 15.0 Å². The second-order valence-electron chi connectivity index (χ2n) is 4.06. The number of hydrogen-bond acceptors (Lipinski definition) is 8. The summed E-state index contributed by atoms with van der Waals surface area (Å²) in [5.41, 5.74) is 0.693. The second kappa shape index (κ2) is 7.45. The van der Waals surface area contributed by atoms with Crippen molar-refractivity contribution in [2.45, 2.75) is 6.54 Å². The smallest absolute Gasteiger partial charge is 0.437 e. The van der Waals surface area contributed by atoms with Gasteiger partial charge in [-0.1, -0.05) is 40.1 Å². The quantitative estimate of drug-likeness (QED) is 0.780. The van der Waals surface area contributed by atoms with E-state index in [1.807, 2.05) is 0 Å². The Morgan fingerprint density at radius 2 is 1.78 bits per heavy atom. The number of benzene rings is 1. The molecule has 0 amide bonds. The van der Waals surface area contributed by atoms with Crippen molar-refractivity contribution in [3.63, 3.8) is 0 Å². The lowest BCUT2D eigenvalue weighted by Crippen LogP contribution is -2.14. The number of nitrogens with zero attached hydrogens (tertiary/aromatic N) is 3. The average Bonchev–Trinajstić information content (AvgIpc) is 2.91. The van der Waals surface area contributed by atoms with Gasteiger partial charge in [0.25, 0.3) is 5.88 Å². The van der Waals surface area contributed by atoms with Crippen LogP contribution in [0.3, 0.4) is 0 Å². The van der Waals surface area contributed by atoms with Gasteiger partial charge in [-0.05, 0) is 11.6 Å². The monoisotopic (exact) mass is 341 g/mol. The first-order valence-corrected chi connectivity index (χ1v) is 6.61. The minimum absolute atomic E-state index is 0.129. The fraction of sp³-hybridized carbons (Fsp3) is 0.231. The van der Waals surface area contributed by atoms with Gasteiger partial charge in [-0.3, -0.25) is 0 Å². The Morgan fingerprint density at radius 1 is 1.13 bits per heavy atom. The number of carbonyl (C=O) groups excluding carboxylic acids is 2. The molecule has 0 N–H and O–H groups in total. The van der Waals surface area contributed by atoms with Gasteiger partial charge in [0, 0.05) is 5.02 Å². The normalized spacial score (nSPS) is 10.0. The van der Waals surface area contributed by atoms with E-state index in [0.717, 1.165) is 14.2 Å². The van der Waals surface area contributed by atoms with Gasteiger partial charge in [0.1, 0.15) is 0 Å². The van der Waals surface area contributed by atoms with Crippen LogP contribution in [-0.4, -0.2) is 41.5 Å². The van der Waals surface area contributed by atoms with E-state index in [2.05, 4.69) is 19.8 Å². The first-order valence-electron chi connectivity index (χ1n) is 6.23. The first kappa shape index (κ1) is 16.6. The largest absolute Gasteiger partial charge is 0.515 e. The predicted octanol–water partition coefficient (Wildman–Crippen LogP) is 2.27. The molecule has 10 heteroatoms. The molecule has 0 unspecified atom stereocenters. The Balaban J connectivity index is 2.32. The summed E-state index contributed by atoms with van der Waals surface area (Å²) >= 11 is 6.07. The van der Waals surface area contributed by atoms with Crippen LogP contribution in [0.4, 0.5) is 9.59 Å². The Morgan fingerprint density at radius 3 is 2.43 bits per heavy atom. The van der Waals surface area contributed by atoms with Crippen molar-refractivity contribution in [1.29, 1.82) is 0 Å². The third kappa shape index (κ3) is 4.10. The molecule has 2 aromatic rings. The maximum Gasteiger partial charge on any atom is 0.515 e. The lowest BCUT2D eigenvalue weighted by Gasteiger charge is -2.08. The van der Waals surface area contributed by atoms with Gasteiger partial charge in [-0.2, -0.15) is 0 Å². The summed E-state index contributed by atoms with van der Waals surface area (Å²) in [7, 11) is 2.25. The van der Waals surface area contributed by atoms with E-state index >= 15 is 0 Å². The Kier molecular flexibility index (Phi) is 5.36. The van der Waals surface area contributed by atoms with Gasteiger partial charge in [0.2, 0.25) is 0 Å². The topological polar surface area (TPSA) is 102 Å². The van der Waals surface area contributed by atoms with Crippen LogP contribution in [0.1, 0.15) is 5.56 Å². The van der Waals surface area contributed by atoms with Crippen LogP contribution < -0.4 is 9.47 Å². The lowest BCUT2D eigenvalue weighted by atomic mass is 10.2. The molecule has 0 spiro atoms. The molecule has 9 nitrogen and oxygen atoms in total. The molecule has 1 heterocycles. The molecule has 0 aliphatic heterocycles. The number of rotatable bonds is 4. The van der Waals surface area contributed by atoms with Crippen LogP contribution in [0.5, 0.6) is 11.8 Å². The van der Waals surface area contributed by atoms with Gasteiger partial charge < -0.3 is 18.9 Å². The van der Waals surface area contributed by atoms with Crippen LogP contribution >= 0.6 is 11.6 Å². The number of carbonyl (C=O) groups is 2. The summed E-state index contributed by atoms with van der Waals surface area (Å²) in [5, 5.41) is 7.89. The zero-order valence-corrected chi connectivity index (χ0v) is 12.9. The van der Waals surface area contributed by atoms with Crippen molar-refractivity contribution in [2.24, 2.45) is 0 Å². The van der Waals surface area contributed by atoms with E-state index in [0.29, 0.717) is 10.6 Å². The number of aromatic nitrogens is 3. The molecule has 0 saturated carbocycles. The maximum absolute atomic E-state index is 11.3. The van der Waals surface area contributed by atoms with Crippen molar-refractivity contribution in [3.05, 3.63) is 34.9 Å². The van der Waals surface area contributed by atoms with Crippen molar-refractivity contribution in [3.8, 4) is 11.8 Å². The molecule has 0 aliphatic carbocycles. The molecule has 0 saturated heterocycles. The summed E-state index contributed by atoms with van der Waals surface area (Å²) in [6.45, 7) is 0.129. The number of methoxy groups -OCH3 is 2. The molecular formula is C13H12ClN3O6. The van der Waals surface area contributed by atoms with Gasteiger partial charge in [0.15, 0.2) is 0 Å². The van der Waals surface area contributed by atoms with Crippen molar-refractivity contribution in [2.75, 3.05) is 14.2 Å². The third-order valence-electron chi connectivity index (χ3n) is 2.63. The van der Waals surface area contributed by atoms with E-state index < -0.39 is 12.3 Å². The van der Waals surface area contributed by atoms with Gasteiger partial charge in [-0.15, -0.1) is 0 Å². The third-order valence-corrected chi connectivity index (χ3v) is 3.00. The summed E-state index contributed by atoms with van der Waals surface area (Å²) < 4.78 is 19.6. The Labute approximate surface area is 135 Å². The molecule has 23 heavy (non-hydrogen) atoms. The molecule has 1 aromatic heterocycles. The fourth-order valence-electron chi connectivity index (χ4n) is 1.58. The Bertz CT molecular complexity index is 717. The van der Waals surface area contributed by atoms with Crippen LogP contribution in [0, 0.1) is 0 Å². The van der Waals surface area contributed by atoms with Gasteiger partial charge in [0.05, 0.1) is 20.8 Å². The van der Waals surface area contributed by atoms with Crippen molar-refractivity contribution < 1.29 is 28.5 Å². The number of halogens is 1. The average molecular weight is 342 g/mol. The molecule has 0 bridgehead atoms. The molecule has 2 rings (SSSR count). The van der Waals surface area contributed by atoms with E-state index in [4.69, 9.17) is 21.1 Å². The molecule has 0 fully saturated rings. The molecule has 1 aromatic carbocycles. The van der Waals surface area contributed by atoms with E-state index in [1.165, 1.54) is 4.68 Å². The summed E-state index contributed by atoms with van der Waals surface area (Å²) in [6, 6.07) is 7.00. The highest BCUT2D eigenvalue weighted by Gasteiger charge is 2.23. The fourth-order valence-corrected chi connectivity index (χ4v) is 1.78.